The Kier molecular flexibility index (Phi) is 3.81. The molecule has 0 unspecified atom stereocenters. The topological polar surface area (TPSA) is 35.5 Å². The van der Waals surface area contributed by atoms with E-state index in [1.807, 2.05) is 27.7 Å². The van der Waals surface area contributed by atoms with Crippen molar-refractivity contribution in [3.63, 3.8) is 0 Å². The molecule has 0 saturated heterocycles. The minimum atomic E-state index is -0.187. The summed E-state index contributed by atoms with van der Waals surface area (Å²) in [5.41, 5.74) is 4.18. The highest BCUT2D eigenvalue weighted by Crippen LogP contribution is 2.43. The molecule has 0 fully saturated rings. The highest BCUT2D eigenvalue weighted by molar-refractivity contribution is 5.74. The molecule has 1 aromatic rings. The molecule has 0 radical (unpaired) electrons. The molecule has 0 aromatic heterocycles. The SMILES string of the molecule is CCC(=O)Oc1c(C)c(C)c2c(c1C)CCC(C)(C)O2. The summed E-state index contributed by atoms with van der Waals surface area (Å²) < 4.78 is 11.7. The zero-order valence-electron chi connectivity index (χ0n) is 13.3. The summed E-state index contributed by atoms with van der Waals surface area (Å²) in [7, 11) is 0. The normalized spacial score (nSPS) is 16.3. The lowest BCUT2D eigenvalue weighted by atomic mass is 9.88. The van der Waals surface area contributed by atoms with Crippen LogP contribution in [0.15, 0.2) is 0 Å². The molecule has 0 N–H and O–H groups in total. The Morgan fingerprint density at radius 3 is 2.45 bits per heavy atom. The van der Waals surface area contributed by atoms with Crippen LogP contribution in [0.1, 0.15) is 55.9 Å². The quantitative estimate of drug-likeness (QED) is 0.604. The first-order valence-electron chi connectivity index (χ1n) is 7.29. The molecule has 0 atom stereocenters. The van der Waals surface area contributed by atoms with E-state index >= 15 is 0 Å². The second-order valence-electron chi connectivity index (χ2n) is 6.20. The molecule has 1 heterocycles. The molecule has 2 rings (SSSR count). The van der Waals surface area contributed by atoms with Gasteiger partial charge in [0, 0.05) is 12.0 Å². The number of benzene rings is 1. The molecule has 110 valence electrons. The van der Waals surface area contributed by atoms with Crippen molar-refractivity contribution in [2.45, 2.75) is 66.4 Å². The summed E-state index contributed by atoms with van der Waals surface area (Å²) in [6.45, 7) is 12.1. The van der Waals surface area contributed by atoms with Gasteiger partial charge < -0.3 is 9.47 Å². The molecule has 1 aromatic carbocycles. The molecule has 3 heteroatoms. The lowest BCUT2D eigenvalue weighted by molar-refractivity contribution is -0.134. The van der Waals surface area contributed by atoms with Crippen LogP contribution in [0.25, 0.3) is 0 Å². The lowest BCUT2D eigenvalue weighted by Crippen LogP contribution is -2.33. The van der Waals surface area contributed by atoms with E-state index in [9.17, 15) is 4.79 Å². The summed E-state index contributed by atoms with van der Waals surface area (Å²) in [4.78, 5) is 11.6. The van der Waals surface area contributed by atoms with Gasteiger partial charge >= 0.3 is 5.97 Å². The fourth-order valence-electron chi connectivity index (χ4n) is 2.69. The number of carbonyl (C=O) groups is 1. The van der Waals surface area contributed by atoms with Gasteiger partial charge in [-0.05, 0) is 64.2 Å². The predicted molar refractivity (Wildman–Crippen MR) is 79.6 cm³/mol. The van der Waals surface area contributed by atoms with Crippen LogP contribution in [0.4, 0.5) is 0 Å². The van der Waals surface area contributed by atoms with Gasteiger partial charge in [0.2, 0.25) is 0 Å². The van der Waals surface area contributed by atoms with E-state index in [0.717, 1.165) is 41.0 Å². The van der Waals surface area contributed by atoms with Crippen LogP contribution in [-0.4, -0.2) is 11.6 Å². The number of hydrogen-bond donors (Lipinski definition) is 0. The van der Waals surface area contributed by atoms with Crippen LogP contribution < -0.4 is 9.47 Å². The Labute approximate surface area is 121 Å². The first-order chi connectivity index (χ1) is 9.26. The number of esters is 1. The Hall–Kier alpha value is -1.51. The largest absolute Gasteiger partial charge is 0.487 e. The summed E-state index contributed by atoms with van der Waals surface area (Å²) in [6, 6.07) is 0. The standard InChI is InChI=1S/C17H24O3/c1-7-14(18)19-15-10(2)11(3)16-13(12(15)4)8-9-17(5,6)20-16/h7-9H2,1-6H3. The van der Waals surface area contributed by atoms with Gasteiger partial charge in [-0.2, -0.15) is 0 Å². The minimum absolute atomic E-state index is 0.127. The Morgan fingerprint density at radius 2 is 1.85 bits per heavy atom. The molecule has 0 aliphatic carbocycles. The van der Waals surface area contributed by atoms with E-state index in [-0.39, 0.29) is 11.6 Å². The number of carbonyl (C=O) groups excluding carboxylic acids is 1. The average Bonchev–Trinajstić information content (AvgIpc) is 2.39. The van der Waals surface area contributed by atoms with Gasteiger partial charge in [-0.1, -0.05) is 6.92 Å². The number of hydrogen-bond acceptors (Lipinski definition) is 3. The molecule has 0 amide bonds. The van der Waals surface area contributed by atoms with Crippen molar-refractivity contribution in [3.8, 4) is 11.5 Å². The molecular formula is C17H24O3. The molecule has 1 aliphatic rings. The molecule has 20 heavy (non-hydrogen) atoms. The Bertz CT molecular complexity index is 556. The monoisotopic (exact) mass is 276 g/mol. The van der Waals surface area contributed by atoms with E-state index < -0.39 is 0 Å². The Balaban J connectivity index is 2.54. The lowest BCUT2D eigenvalue weighted by Gasteiger charge is -2.35. The average molecular weight is 276 g/mol. The van der Waals surface area contributed by atoms with Crippen molar-refractivity contribution in [1.29, 1.82) is 0 Å². The van der Waals surface area contributed by atoms with E-state index in [1.165, 1.54) is 5.56 Å². The maximum Gasteiger partial charge on any atom is 0.310 e. The van der Waals surface area contributed by atoms with Crippen LogP contribution in [0.5, 0.6) is 11.5 Å². The third-order valence-corrected chi connectivity index (χ3v) is 4.17. The molecule has 1 aliphatic heterocycles. The van der Waals surface area contributed by atoms with Crippen molar-refractivity contribution in [3.05, 3.63) is 22.3 Å². The van der Waals surface area contributed by atoms with Gasteiger partial charge in [-0.25, -0.2) is 0 Å². The van der Waals surface area contributed by atoms with Gasteiger partial charge in [-0.3, -0.25) is 4.79 Å². The first kappa shape index (κ1) is 14.9. The molecule has 0 spiro atoms. The fourth-order valence-corrected chi connectivity index (χ4v) is 2.69. The van der Waals surface area contributed by atoms with Crippen LogP contribution in [0.3, 0.4) is 0 Å². The zero-order chi connectivity index (χ0) is 15.1. The van der Waals surface area contributed by atoms with Crippen LogP contribution >= 0.6 is 0 Å². The summed E-state index contributed by atoms with van der Waals surface area (Å²) >= 11 is 0. The highest BCUT2D eigenvalue weighted by Gasteiger charge is 2.31. The zero-order valence-corrected chi connectivity index (χ0v) is 13.3. The molecular weight excluding hydrogens is 252 g/mol. The van der Waals surface area contributed by atoms with Crippen LogP contribution in [0, 0.1) is 20.8 Å². The van der Waals surface area contributed by atoms with Crippen molar-refractivity contribution in [1.82, 2.24) is 0 Å². The number of fused-ring (bicyclic) bond motifs is 1. The molecule has 3 nitrogen and oxygen atoms in total. The first-order valence-corrected chi connectivity index (χ1v) is 7.29. The van der Waals surface area contributed by atoms with Gasteiger partial charge in [0.05, 0.1) is 0 Å². The fraction of sp³-hybridized carbons (Fsp3) is 0.588. The summed E-state index contributed by atoms with van der Waals surface area (Å²) in [5, 5.41) is 0. The second kappa shape index (κ2) is 5.12. The smallest absolute Gasteiger partial charge is 0.310 e. The second-order valence-corrected chi connectivity index (χ2v) is 6.20. The number of rotatable bonds is 2. The maximum absolute atomic E-state index is 11.6. The van der Waals surface area contributed by atoms with E-state index in [0.29, 0.717) is 6.42 Å². The highest BCUT2D eigenvalue weighted by atomic mass is 16.5. The summed E-state index contributed by atoms with van der Waals surface area (Å²) in [6.07, 6.45) is 2.33. The van der Waals surface area contributed by atoms with Crippen LogP contribution in [0.2, 0.25) is 0 Å². The predicted octanol–water partition coefficient (Wildman–Crippen LogP) is 4.03. The van der Waals surface area contributed by atoms with Crippen molar-refractivity contribution in [2.75, 3.05) is 0 Å². The van der Waals surface area contributed by atoms with Crippen LogP contribution in [-0.2, 0) is 11.2 Å². The Morgan fingerprint density at radius 1 is 1.20 bits per heavy atom. The molecule has 0 saturated carbocycles. The maximum atomic E-state index is 11.6. The van der Waals surface area contributed by atoms with Gasteiger partial charge in [0.1, 0.15) is 17.1 Å². The van der Waals surface area contributed by atoms with Gasteiger partial charge in [-0.15, -0.1) is 0 Å². The van der Waals surface area contributed by atoms with E-state index in [4.69, 9.17) is 9.47 Å². The molecule has 0 bridgehead atoms. The van der Waals surface area contributed by atoms with Crippen molar-refractivity contribution < 1.29 is 14.3 Å². The van der Waals surface area contributed by atoms with Crippen molar-refractivity contribution >= 4 is 5.97 Å². The summed E-state index contributed by atoms with van der Waals surface area (Å²) in [5.74, 6) is 1.51. The van der Waals surface area contributed by atoms with E-state index in [1.54, 1.807) is 0 Å². The van der Waals surface area contributed by atoms with Crippen molar-refractivity contribution in [2.24, 2.45) is 0 Å². The van der Waals surface area contributed by atoms with Gasteiger partial charge in [0.25, 0.3) is 0 Å². The van der Waals surface area contributed by atoms with Gasteiger partial charge in [0.15, 0.2) is 0 Å². The number of ether oxygens (including phenoxy) is 2. The third kappa shape index (κ3) is 2.54. The third-order valence-electron chi connectivity index (χ3n) is 4.17. The van der Waals surface area contributed by atoms with E-state index in [2.05, 4.69) is 13.8 Å². The minimum Gasteiger partial charge on any atom is -0.487 e.